The van der Waals surface area contributed by atoms with Gasteiger partial charge in [-0.2, -0.15) is 0 Å². The van der Waals surface area contributed by atoms with Crippen LogP contribution >= 0.6 is 24.2 Å². The van der Waals surface area contributed by atoms with Crippen molar-refractivity contribution < 1.29 is 14.5 Å². The average molecular weight is 403 g/mol. The zero-order chi connectivity index (χ0) is 18.4. The predicted molar refractivity (Wildman–Crippen MR) is 103 cm³/mol. The van der Waals surface area contributed by atoms with E-state index in [4.69, 9.17) is 5.73 Å². The quantitative estimate of drug-likeness (QED) is 0.424. The second-order valence-corrected chi connectivity index (χ2v) is 6.69. The summed E-state index contributed by atoms with van der Waals surface area (Å²) in [5, 5.41) is 14.0. The number of nitrogens with zero attached hydrogens (tertiary/aromatic N) is 2. The van der Waals surface area contributed by atoms with E-state index in [1.165, 1.54) is 22.7 Å². The summed E-state index contributed by atoms with van der Waals surface area (Å²) in [6.07, 6.45) is 3.21. The summed E-state index contributed by atoms with van der Waals surface area (Å²) in [5.74, 6) is -0.846. The number of carbonyl (C=O) groups excluding carboxylic acids is 2. The first kappa shape index (κ1) is 22.2. The number of nitro groups is 1. The molecule has 0 aliphatic carbocycles. The first-order valence-electron chi connectivity index (χ1n) is 8.07. The predicted octanol–water partition coefficient (Wildman–Crippen LogP) is 1.67. The van der Waals surface area contributed by atoms with Crippen LogP contribution in [-0.4, -0.2) is 54.1 Å². The largest absolute Gasteiger partial charge is 0.355 e. The Hall–Kier alpha value is -1.84. The second-order valence-electron chi connectivity index (χ2n) is 5.81. The minimum Gasteiger partial charge on any atom is -0.355 e. The van der Waals surface area contributed by atoms with Gasteiger partial charge in [-0.3, -0.25) is 19.7 Å². The lowest BCUT2D eigenvalue weighted by molar-refractivity contribution is -0.385. The second kappa shape index (κ2) is 10.3. The van der Waals surface area contributed by atoms with Gasteiger partial charge in [-0.25, -0.2) is 0 Å². The minimum absolute atomic E-state index is 0. The summed E-state index contributed by atoms with van der Waals surface area (Å²) >= 11 is 1.41. The molecular formula is C16H23ClN4O4S. The zero-order valence-electron chi connectivity index (χ0n) is 14.5. The summed E-state index contributed by atoms with van der Waals surface area (Å²) in [7, 11) is 0. The van der Waals surface area contributed by atoms with Crippen LogP contribution in [0.4, 0.5) is 5.69 Å². The molecule has 1 saturated heterocycles. The van der Waals surface area contributed by atoms with Crippen LogP contribution in [0.1, 0.15) is 23.2 Å². The van der Waals surface area contributed by atoms with Crippen LogP contribution in [0.3, 0.4) is 0 Å². The Morgan fingerprint density at radius 2 is 2.19 bits per heavy atom. The summed E-state index contributed by atoms with van der Waals surface area (Å²) in [5.41, 5.74) is 5.24. The molecule has 1 aromatic rings. The van der Waals surface area contributed by atoms with Gasteiger partial charge in [0.15, 0.2) is 0 Å². The number of likely N-dealkylation sites (tertiary alicyclic amines) is 1. The number of piperidine rings is 1. The first-order valence-corrected chi connectivity index (χ1v) is 9.30. The van der Waals surface area contributed by atoms with Crippen LogP contribution in [-0.2, 0) is 4.79 Å². The van der Waals surface area contributed by atoms with Crippen molar-refractivity contribution in [2.45, 2.75) is 17.7 Å². The molecule has 2 rings (SSSR count). The summed E-state index contributed by atoms with van der Waals surface area (Å²) in [6.45, 7) is 1.50. The lowest BCUT2D eigenvalue weighted by atomic mass is 9.96. The van der Waals surface area contributed by atoms with Crippen LogP contribution in [0.15, 0.2) is 23.1 Å². The average Bonchev–Trinajstić information content (AvgIpc) is 2.64. The van der Waals surface area contributed by atoms with Crippen molar-refractivity contribution >= 4 is 41.7 Å². The number of nitrogens with two attached hydrogens (primary N) is 1. The summed E-state index contributed by atoms with van der Waals surface area (Å²) < 4.78 is 0. The SMILES string of the molecule is CSc1ccc([N+](=O)[O-])c(C(=O)N2CCCC(C(=O)NCCN)C2)c1.Cl. The van der Waals surface area contributed by atoms with Gasteiger partial charge in [0.05, 0.1) is 10.8 Å². The molecule has 3 N–H and O–H groups in total. The van der Waals surface area contributed by atoms with Crippen LogP contribution in [0.5, 0.6) is 0 Å². The first-order chi connectivity index (χ1) is 12.0. The van der Waals surface area contributed by atoms with Crippen molar-refractivity contribution in [1.82, 2.24) is 10.2 Å². The number of amides is 2. The number of rotatable bonds is 6. The third kappa shape index (κ3) is 5.33. The van der Waals surface area contributed by atoms with Crippen molar-refractivity contribution in [3.8, 4) is 0 Å². The Morgan fingerprint density at radius 1 is 1.46 bits per heavy atom. The molecule has 144 valence electrons. The van der Waals surface area contributed by atoms with E-state index >= 15 is 0 Å². The third-order valence-electron chi connectivity index (χ3n) is 4.15. The molecule has 26 heavy (non-hydrogen) atoms. The molecule has 2 amide bonds. The molecule has 1 aromatic carbocycles. The molecule has 1 aliphatic rings. The van der Waals surface area contributed by atoms with E-state index < -0.39 is 10.8 Å². The standard InChI is InChI=1S/C16H22N4O4S.ClH/c1-25-12-4-5-14(20(23)24)13(9-12)16(22)19-8-2-3-11(10-19)15(21)18-7-6-17;/h4-5,9,11H,2-3,6-8,10,17H2,1H3,(H,18,21);1H. The van der Waals surface area contributed by atoms with Crippen molar-refractivity contribution in [3.05, 3.63) is 33.9 Å². The maximum atomic E-state index is 12.8. The molecule has 0 spiro atoms. The van der Waals surface area contributed by atoms with Gasteiger partial charge in [-0.05, 0) is 31.2 Å². The monoisotopic (exact) mass is 402 g/mol. The van der Waals surface area contributed by atoms with E-state index in [1.807, 2.05) is 6.26 Å². The molecule has 1 heterocycles. The Balaban J connectivity index is 0.00000338. The highest BCUT2D eigenvalue weighted by Gasteiger charge is 2.31. The maximum absolute atomic E-state index is 12.8. The highest BCUT2D eigenvalue weighted by molar-refractivity contribution is 7.98. The smallest absolute Gasteiger partial charge is 0.282 e. The molecule has 1 unspecified atom stereocenters. The minimum atomic E-state index is -0.549. The fourth-order valence-corrected chi connectivity index (χ4v) is 3.30. The highest BCUT2D eigenvalue weighted by atomic mass is 35.5. The van der Waals surface area contributed by atoms with Crippen LogP contribution in [0, 0.1) is 16.0 Å². The molecule has 0 bridgehead atoms. The van der Waals surface area contributed by atoms with E-state index in [1.54, 1.807) is 12.1 Å². The molecule has 1 aliphatic heterocycles. The Labute approximate surface area is 162 Å². The lowest BCUT2D eigenvalue weighted by Gasteiger charge is -2.32. The number of hydrogen-bond donors (Lipinski definition) is 2. The van der Waals surface area contributed by atoms with Crippen molar-refractivity contribution in [1.29, 1.82) is 0 Å². The van der Waals surface area contributed by atoms with Gasteiger partial charge >= 0.3 is 0 Å². The molecule has 0 saturated carbocycles. The van der Waals surface area contributed by atoms with Gasteiger partial charge in [-0.15, -0.1) is 24.2 Å². The number of benzene rings is 1. The van der Waals surface area contributed by atoms with E-state index in [-0.39, 0.29) is 42.0 Å². The molecule has 1 fully saturated rings. The number of nitrogens with one attached hydrogen (secondary N) is 1. The molecule has 10 heteroatoms. The summed E-state index contributed by atoms with van der Waals surface area (Å²) in [4.78, 5) is 38.0. The van der Waals surface area contributed by atoms with Crippen LogP contribution in [0.2, 0.25) is 0 Å². The van der Waals surface area contributed by atoms with Gasteiger partial charge in [0, 0.05) is 37.1 Å². The Morgan fingerprint density at radius 3 is 2.81 bits per heavy atom. The topological polar surface area (TPSA) is 119 Å². The van der Waals surface area contributed by atoms with Gasteiger partial charge in [0.1, 0.15) is 5.56 Å². The maximum Gasteiger partial charge on any atom is 0.282 e. The molecular weight excluding hydrogens is 380 g/mol. The van der Waals surface area contributed by atoms with Gasteiger partial charge in [-0.1, -0.05) is 0 Å². The lowest BCUT2D eigenvalue weighted by Crippen LogP contribution is -2.46. The molecule has 1 atom stereocenters. The molecule has 0 radical (unpaired) electrons. The van der Waals surface area contributed by atoms with E-state index in [0.717, 1.165) is 4.90 Å². The van der Waals surface area contributed by atoms with Crippen molar-refractivity contribution in [2.24, 2.45) is 11.7 Å². The Bertz CT molecular complexity index is 674. The van der Waals surface area contributed by atoms with Crippen LogP contribution < -0.4 is 11.1 Å². The van der Waals surface area contributed by atoms with E-state index in [2.05, 4.69) is 5.32 Å². The fraction of sp³-hybridized carbons (Fsp3) is 0.500. The number of halogens is 1. The van der Waals surface area contributed by atoms with Gasteiger partial charge in [0.25, 0.3) is 11.6 Å². The highest BCUT2D eigenvalue weighted by Crippen LogP contribution is 2.27. The number of nitro benzene ring substituents is 1. The van der Waals surface area contributed by atoms with Crippen molar-refractivity contribution in [3.63, 3.8) is 0 Å². The number of carbonyl (C=O) groups is 2. The summed E-state index contributed by atoms with van der Waals surface area (Å²) in [6, 6.07) is 4.52. The van der Waals surface area contributed by atoms with Gasteiger partial charge < -0.3 is 16.0 Å². The zero-order valence-corrected chi connectivity index (χ0v) is 16.1. The van der Waals surface area contributed by atoms with E-state index in [0.29, 0.717) is 32.5 Å². The number of thioether (sulfide) groups is 1. The molecule has 8 nitrogen and oxygen atoms in total. The number of hydrogen-bond acceptors (Lipinski definition) is 6. The van der Waals surface area contributed by atoms with Gasteiger partial charge in [0.2, 0.25) is 5.91 Å². The molecule has 0 aromatic heterocycles. The van der Waals surface area contributed by atoms with E-state index in [9.17, 15) is 19.7 Å². The van der Waals surface area contributed by atoms with Crippen LogP contribution in [0.25, 0.3) is 0 Å². The third-order valence-corrected chi connectivity index (χ3v) is 4.88. The van der Waals surface area contributed by atoms with Crippen molar-refractivity contribution in [2.75, 3.05) is 32.4 Å². The Kier molecular flexibility index (Phi) is 8.83. The fourth-order valence-electron chi connectivity index (χ4n) is 2.86. The normalized spacial score (nSPS) is 16.5.